The van der Waals surface area contributed by atoms with Gasteiger partial charge in [0.1, 0.15) is 0 Å². The Balaban J connectivity index is 2.50. The van der Waals surface area contributed by atoms with Crippen molar-refractivity contribution in [2.45, 2.75) is 13.0 Å². The van der Waals surface area contributed by atoms with Gasteiger partial charge >= 0.3 is 0 Å². The topological polar surface area (TPSA) is 29.3 Å². The third kappa shape index (κ3) is 0.994. The molecule has 0 bridgehead atoms. The van der Waals surface area contributed by atoms with Crippen molar-refractivity contribution in [3.8, 4) is 0 Å². The minimum atomic E-state index is 0.664. The average Bonchev–Trinajstić information content (AvgIpc) is 2.48. The lowest BCUT2D eigenvalue weighted by Gasteiger charge is -2.12. The number of hydrogen-bond donors (Lipinski definition) is 1. The van der Waals surface area contributed by atoms with E-state index < -0.39 is 0 Å². The van der Waals surface area contributed by atoms with Crippen LogP contribution < -0.4 is 10.6 Å². The molecule has 0 saturated carbocycles. The SMILES string of the molecule is CN1CCc2c(CN)cccc21. The van der Waals surface area contributed by atoms with Crippen molar-refractivity contribution < 1.29 is 0 Å². The predicted molar refractivity (Wildman–Crippen MR) is 51.3 cm³/mol. The van der Waals surface area contributed by atoms with Crippen LogP contribution in [0.5, 0.6) is 0 Å². The molecule has 1 aromatic rings. The fourth-order valence-corrected chi connectivity index (χ4v) is 1.86. The van der Waals surface area contributed by atoms with Gasteiger partial charge in [0.25, 0.3) is 0 Å². The summed E-state index contributed by atoms with van der Waals surface area (Å²) in [7, 11) is 2.13. The minimum Gasteiger partial charge on any atom is -0.374 e. The molecule has 0 saturated heterocycles. The Morgan fingerprint density at radius 3 is 3.08 bits per heavy atom. The molecule has 1 heterocycles. The number of rotatable bonds is 1. The molecule has 1 aliphatic rings. The second-order valence-corrected chi connectivity index (χ2v) is 3.29. The summed E-state index contributed by atoms with van der Waals surface area (Å²) in [6.07, 6.45) is 1.15. The minimum absolute atomic E-state index is 0.664. The van der Waals surface area contributed by atoms with Crippen molar-refractivity contribution in [2.75, 3.05) is 18.5 Å². The summed E-state index contributed by atoms with van der Waals surface area (Å²) >= 11 is 0. The van der Waals surface area contributed by atoms with Crippen LogP contribution >= 0.6 is 0 Å². The lowest BCUT2D eigenvalue weighted by Crippen LogP contribution is -2.12. The molecule has 0 radical (unpaired) electrons. The molecular weight excluding hydrogens is 148 g/mol. The van der Waals surface area contributed by atoms with Crippen LogP contribution in [0.3, 0.4) is 0 Å². The molecule has 64 valence electrons. The van der Waals surface area contributed by atoms with Gasteiger partial charge in [0.2, 0.25) is 0 Å². The van der Waals surface area contributed by atoms with Crippen molar-refractivity contribution >= 4 is 5.69 Å². The molecule has 0 amide bonds. The highest BCUT2D eigenvalue weighted by atomic mass is 15.1. The Morgan fingerprint density at radius 1 is 1.50 bits per heavy atom. The molecule has 12 heavy (non-hydrogen) atoms. The van der Waals surface area contributed by atoms with E-state index in [1.165, 1.54) is 16.8 Å². The van der Waals surface area contributed by atoms with Gasteiger partial charge in [0, 0.05) is 25.8 Å². The Labute approximate surface area is 73.0 Å². The summed E-state index contributed by atoms with van der Waals surface area (Å²) in [6, 6.07) is 6.38. The molecule has 0 aliphatic carbocycles. The lowest BCUT2D eigenvalue weighted by molar-refractivity contribution is 0.945. The van der Waals surface area contributed by atoms with E-state index in [1.807, 2.05) is 0 Å². The van der Waals surface area contributed by atoms with E-state index in [2.05, 4.69) is 30.1 Å². The Morgan fingerprint density at radius 2 is 2.33 bits per heavy atom. The monoisotopic (exact) mass is 162 g/mol. The van der Waals surface area contributed by atoms with Crippen LogP contribution in [0.15, 0.2) is 18.2 Å². The number of hydrogen-bond acceptors (Lipinski definition) is 2. The van der Waals surface area contributed by atoms with E-state index in [1.54, 1.807) is 0 Å². The van der Waals surface area contributed by atoms with Crippen LogP contribution in [0.2, 0.25) is 0 Å². The van der Waals surface area contributed by atoms with Gasteiger partial charge < -0.3 is 10.6 Å². The molecule has 0 fully saturated rings. The fourth-order valence-electron chi connectivity index (χ4n) is 1.86. The van der Waals surface area contributed by atoms with Crippen molar-refractivity contribution in [3.05, 3.63) is 29.3 Å². The van der Waals surface area contributed by atoms with Crippen LogP contribution in [0.4, 0.5) is 5.69 Å². The van der Waals surface area contributed by atoms with Gasteiger partial charge in [-0.1, -0.05) is 12.1 Å². The summed E-state index contributed by atoms with van der Waals surface area (Å²) < 4.78 is 0. The van der Waals surface area contributed by atoms with Crippen LogP contribution in [-0.4, -0.2) is 13.6 Å². The zero-order valence-corrected chi connectivity index (χ0v) is 7.38. The van der Waals surface area contributed by atoms with Crippen molar-refractivity contribution in [1.29, 1.82) is 0 Å². The zero-order chi connectivity index (χ0) is 8.55. The first-order valence-corrected chi connectivity index (χ1v) is 4.35. The second-order valence-electron chi connectivity index (χ2n) is 3.29. The molecule has 2 N–H and O–H groups in total. The molecule has 0 atom stereocenters. The number of benzene rings is 1. The van der Waals surface area contributed by atoms with Gasteiger partial charge in [-0.05, 0) is 23.6 Å². The normalized spacial score (nSPS) is 15.0. The predicted octanol–water partition coefficient (Wildman–Crippen LogP) is 1.14. The third-order valence-electron chi connectivity index (χ3n) is 2.58. The molecule has 0 aromatic heterocycles. The van der Waals surface area contributed by atoms with E-state index in [9.17, 15) is 0 Å². The third-order valence-corrected chi connectivity index (χ3v) is 2.58. The number of anilines is 1. The van der Waals surface area contributed by atoms with Gasteiger partial charge in [0.15, 0.2) is 0 Å². The van der Waals surface area contributed by atoms with Crippen molar-refractivity contribution in [3.63, 3.8) is 0 Å². The summed E-state index contributed by atoms with van der Waals surface area (Å²) in [6.45, 7) is 1.80. The molecule has 2 nitrogen and oxygen atoms in total. The Kier molecular flexibility index (Phi) is 1.77. The van der Waals surface area contributed by atoms with Crippen molar-refractivity contribution in [1.82, 2.24) is 0 Å². The first-order valence-electron chi connectivity index (χ1n) is 4.35. The van der Waals surface area contributed by atoms with Gasteiger partial charge in [0.05, 0.1) is 0 Å². The lowest BCUT2D eigenvalue weighted by atomic mass is 10.1. The van der Waals surface area contributed by atoms with E-state index >= 15 is 0 Å². The van der Waals surface area contributed by atoms with Crippen LogP contribution in [0.25, 0.3) is 0 Å². The van der Waals surface area contributed by atoms with Gasteiger partial charge in [-0.25, -0.2) is 0 Å². The highest BCUT2D eigenvalue weighted by molar-refractivity contribution is 5.60. The largest absolute Gasteiger partial charge is 0.374 e. The number of nitrogens with zero attached hydrogens (tertiary/aromatic N) is 1. The van der Waals surface area contributed by atoms with Gasteiger partial charge in [-0.15, -0.1) is 0 Å². The maximum atomic E-state index is 5.65. The van der Waals surface area contributed by atoms with E-state index in [4.69, 9.17) is 5.73 Å². The number of nitrogens with two attached hydrogens (primary N) is 1. The number of likely N-dealkylation sites (N-methyl/N-ethyl adjacent to an activating group) is 1. The molecule has 0 spiro atoms. The summed E-state index contributed by atoms with van der Waals surface area (Å²) in [5.74, 6) is 0. The summed E-state index contributed by atoms with van der Waals surface area (Å²) in [5, 5.41) is 0. The standard InChI is InChI=1S/C10H14N2/c1-12-6-5-9-8(7-11)3-2-4-10(9)12/h2-4H,5-7,11H2,1H3. The molecule has 1 aliphatic heterocycles. The summed E-state index contributed by atoms with van der Waals surface area (Å²) in [4.78, 5) is 2.29. The number of fused-ring (bicyclic) bond motifs is 1. The molecule has 2 heteroatoms. The maximum Gasteiger partial charge on any atom is 0.0400 e. The smallest absolute Gasteiger partial charge is 0.0400 e. The molecule has 0 unspecified atom stereocenters. The van der Waals surface area contributed by atoms with Crippen LogP contribution in [0, 0.1) is 0 Å². The van der Waals surface area contributed by atoms with E-state index in [-0.39, 0.29) is 0 Å². The van der Waals surface area contributed by atoms with Gasteiger partial charge in [-0.2, -0.15) is 0 Å². The first kappa shape index (κ1) is 7.62. The van der Waals surface area contributed by atoms with Gasteiger partial charge in [-0.3, -0.25) is 0 Å². The Hall–Kier alpha value is -1.02. The quantitative estimate of drug-likeness (QED) is 0.671. The maximum absolute atomic E-state index is 5.65. The fraction of sp³-hybridized carbons (Fsp3) is 0.400. The second kappa shape index (κ2) is 2.79. The first-order chi connectivity index (χ1) is 5.83. The molecular formula is C10H14N2. The average molecular weight is 162 g/mol. The van der Waals surface area contributed by atoms with E-state index in [0.29, 0.717) is 6.54 Å². The van der Waals surface area contributed by atoms with Crippen LogP contribution in [-0.2, 0) is 13.0 Å². The highest BCUT2D eigenvalue weighted by Crippen LogP contribution is 2.28. The van der Waals surface area contributed by atoms with Crippen LogP contribution in [0.1, 0.15) is 11.1 Å². The highest BCUT2D eigenvalue weighted by Gasteiger charge is 2.17. The molecule has 2 rings (SSSR count). The van der Waals surface area contributed by atoms with Crippen molar-refractivity contribution in [2.24, 2.45) is 5.73 Å². The zero-order valence-electron chi connectivity index (χ0n) is 7.38. The summed E-state index contributed by atoms with van der Waals surface area (Å²) in [5.41, 5.74) is 9.76. The Bertz CT molecular complexity index is 294. The molecule has 1 aromatic carbocycles. The van der Waals surface area contributed by atoms with E-state index in [0.717, 1.165) is 13.0 Å².